The van der Waals surface area contributed by atoms with Crippen LogP contribution in [0.25, 0.3) is 0 Å². The summed E-state index contributed by atoms with van der Waals surface area (Å²) in [7, 11) is 0. The van der Waals surface area contributed by atoms with Gasteiger partial charge in [0.2, 0.25) is 11.8 Å². The van der Waals surface area contributed by atoms with Gasteiger partial charge in [-0.25, -0.2) is 4.98 Å². The molecule has 2 amide bonds. The molecule has 1 aromatic rings. The third-order valence-corrected chi connectivity index (χ3v) is 3.98. The van der Waals surface area contributed by atoms with E-state index in [1.165, 1.54) is 16.7 Å². The van der Waals surface area contributed by atoms with Crippen LogP contribution < -0.4 is 10.2 Å². The molecule has 1 atom stereocenters. The molecule has 0 saturated heterocycles. The number of nitrogens with zero attached hydrogens (tertiary/aromatic N) is 2. The van der Waals surface area contributed by atoms with Crippen molar-refractivity contribution in [1.29, 1.82) is 0 Å². The van der Waals surface area contributed by atoms with Gasteiger partial charge in [0.15, 0.2) is 0 Å². The van der Waals surface area contributed by atoms with Gasteiger partial charge in [-0.3, -0.25) is 14.5 Å². The van der Waals surface area contributed by atoms with Gasteiger partial charge in [0.05, 0.1) is 11.4 Å². The monoisotopic (exact) mass is 279 g/mol. The minimum atomic E-state index is -0.135. The van der Waals surface area contributed by atoms with Crippen molar-refractivity contribution in [3.8, 4) is 0 Å². The first-order chi connectivity index (χ1) is 9.11. The van der Waals surface area contributed by atoms with Gasteiger partial charge in [-0.15, -0.1) is 0 Å². The first-order valence-corrected chi connectivity index (χ1v) is 7.28. The highest BCUT2D eigenvalue weighted by Crippen LogP contribution is 2.32. The van der Waals surface area contributed by atoms with Crippen LogP contribution in [0.1, 0.15) is 20.3 Å². The van der Waals surface area contributed by atoms with Crippen LogP contribution in [0, 0.1) is 0 Å². The van der Waals surface area contributed by atoms with Crippen molar-refractivity contribution in [2.45, 2.75) is 31.3 Å². The van der Waals surface area contributed by atoms with Crippen LogP contribution >= 0.6 is 11.8 Å². The van der Waals surface area contributed by atoms with E-state index in [2.05, 4.69) is 10.3 Å². The Balaban J connectivity index is 2.11. The van der Waals surface area contributed by atoms with Crippen molar-refractivity contribution in [1.82, 2.24) is 10.3 Å². The predicted octanol–water partition coefficient (Wildman–Crippen LogP) is 1.43. The van der Waals surface area contributed by atoms with Crippen molar-refractivity contribution in [2.24, 2.45) is 0 Å². The number of hydrogen-bond acceptors (Lipinski definition) is 4. The fraction of sp³-hybridized carbons (Fsp3) is 0.462. The molecule has 1 unspecified atom stereocenters. The number of thioether (sulfide) groups is 1. The number of carbonyl (C=O) groups excluding carboxylic acids is 2. The maximum Gasteiger partial charge on any atom is 0.240 e. The summed E-state index contributed by atoms with van der Waals surface area (Å²) in [6.45, 7) is 4.01. The second-order valence-electron chi connectivity index (χ2n) is 4.47. The van der Waals surface area contributed by atoms with Gasteiger partial charge >= 0.3 is 0 Å². The highest BCUT2D eigenvalue weighted by atomic mass is 32.2. The van der Waals surface area contributed by atoms with Crippen molar-refractivity contribution in [3.05, 3.63) is 18.3 Å². The Hall–Kier alpha value is -1.56. The molecule has 0 bridgehead atoms. The van der Waals surface area contributed by atoms with E-state index < -0.39 is 0 Å². The Bertz CT molecular complexity index is 493. The molecule has 2 heterocycles. The molecule has 0 aliphatic carbocycles. The van der Waals surface area contributed by atoms with E-state index in [0.29, 0.717) is 5.75 Å². The lowest BCUT2D eigenvalue weighted by Crippen LogP contribution is -2.45. The summed E-state index contributed by atoms with van der Waals surface area (Å²) in [6, 6.07) is 3.72. The van der Waals surface area contributed by atoms with Gasteiger partial charge in [-0.1, -0.05) is 18.7 Å². The van der Waals surface area contributed by atoms with E-state index >= 15 is 0 Å². The fourth-order valence-electron chi connectivity index (χ4n) is 1.78. The third kappa shape index (κ3) is 3.26. The smallest absolute Gasteiger partial charge is 0.240 e. The number of pyridine rings is 1. The van der Waals surface area contributed by atoms with Crippen LogP contribution in [-0.2, 0) is 9.59 Å². The van der Waals surface area contributed by atoms with Gasteiger partial charge in [-0.05, 0) is 25.5 Å². The highest BCUT2D eigenvalue weighted by molar-refractivity contribution is 8.00. The summed E-state index contributed by atoms with van der Waals surface area (Å²) < 4.78 is 0. The molecule has 1 N–H and O–H groups in total. The standard InChI is InChI=1S/C13H17N3O2S/c1-3-9(2)15-11(17)7-16-10-5-4-6-14-13(10)19-8-12(16)18/h4-6,9H,3,7-8H2,1-2H3,(H,15,17). The molecule has 0 spiro atoms. The van der Waals surface area contributed by atoms with Crippen LogP contribution in [0.5, 0.6) is 0 Å². The average molecular weight is 279 g/mol. The number of rotatable bonds is 4. The number of anilines is 1. The van der Waals surface area contributed by atoms with Crippen LogP contribution in [0.15, 0.2) is 23.4 Å². The Morgan fingerprint density at radius 1 is 1.63 bits per heavy atom. The van der Waals surface area contributed by atoms with E-state index in [0.717, 1.165) is 17.1 Å². The van der Waals surface area contributed by atoms with Gasteiger partial charge in [0.25, 0.3) is 0 Å². The second-order valence-corrected chi connectivity index (χ2v) is 5.44. The van der Waals surface area contributed by atoms with Crippen molar-refractivity contribution in [3.63, 3.8) is 0 Å². The SMILES string of the molecule is CCC(C)NC(=O)CN1C(=O)CSc2ncccc21. The lowest BCUT2D eigenvalue weighted by molar-refractivity contribution is -0.123. The zero-order valence-corrected chi connectivity index (χ0v) is 11.9. The summed E-state index contributed by atoms with van der Waals surface area (Å²) in [5.41, 5.74) is 0.725. The third-order valence-electron chi connectivity index (χ3n) is 3.00. The van der Waals surface area contributed by atoms with Crippen LogP contribution in [-0.4, -0.2) is 35.1 Å². The van der Waals surface area contributed by atoms with E-state index in [1.54, 1.807) is 12.3 Å². The van der Waals surface area contributed by atoms with Crippen molar-refractivity contribution >= 4 is 29.3 Å². The molecule has 0 saturated carbocycles. The molecule has 1 aliphatic rings. The van der Waals surface area contributed by atoms with Crippen molar-refractivity contribution < 1.29 is 9.59 Å². The molecule has 1 aromatic heterocycles. The number of amides is 2. The zero-order valence-electron chi connectivity index (χ0n) is 11.0. The van der Waals surface area contributed by atoms with E-state index in [1.807, 2.05) is 19.9 Å². The number of carbonyl (C=O) groups is 2. The van der Waals surface area contributed by atoms with E-state index in [9.17, 15) is 9.59 Å². The Morgan fingerprint density at radius 2 is 2.42 bits per heavy atom. The van der Waals surface area contributed by atoms with Crippen LogP contribution in [0.4, 0.5) is 5.69 Å². The Morgan fingerprint density at radius 3 is 3.16 bits per heavy atom. The molecular weight excluding hydrogens is 262 g/mol. The summed E-state index contributed by atoms with van der Waals surface area (Å²) in [6.07, 6.45) is 2.56. The van der Waals surface area contributed by atoms with E-state index in [-0.39, 0.29) is 24.4 Å². The zero-order chi connectivity index (χ0) is 13.8. The molecule has 6 heteroatoms. The fourth-order valence-corrected chi connectivity index (χ4v) is 2.66. The largest absolute Gasteiger partial charge is 0.352 e. The van der Waals surface area contributed by atoms with Gasteiger partial charge < -0.3 is 5.32 Å². The van der Waals surface area contributed by atoms with Gasteiger partial charge in [0.1, 0.15) is 11.6 Å². The highest BCUT2D eigenvalue weighted by Gasteiger charge is 2.27. The maximum atomic E-state index is 11.9. The number of fused-ring (bicyclic) bond motifs is 1. The van der Waals surface area contributed by atoms with Gasteiger partial charge in [-0.2, -0.15) is 0 Å². The Kier molecular flexibility index (Phi) is 4.42. The molecular formula is C13H17N3O2S. The minimum absolute atomic E-state index is 0.0511. The molecule has 102 valence electrons. The average Bonchev–Trinajstić information content (AvgIpc) is 2.42. The number of aromatic nitrogens is 1. The number of nitrogens with one attached hydrogen (secondary N) is 1. The minimum Gasteiger partial charge on any atom is -0.352 e. The summed E-state index contributed by atoms with van der Waals surface area (Å²) in [5.74, 6) is 0.148. The molecule has 19 heavy (non-hydrogen) atoms. The summed E-state index contributed by atoms with van der Waals surface area (Å²) >= 11 is 1.41. The molecule has 0 aromatic carbocycles. The molecule has 1 aliphatic heterocycles. The summed E-state index contributed by atoms with van der Waals surface area (Å²) in [4.78, 5) is 29.6. The normalized spacial score (nSPS) is 15.9. The Labute approximate surface area is 116 Å². The van der Waals surface area contributed by atoms with E-state index in [4.69, 9.17) is 0 Å². The van der Waals surface area contributed by atoms with Crippen LogP contribution in [0.2, 0.25) is 0 Å². The van der Waals surface area contributed by atoms with Gasteiger partial charge in [0, 0.05) is 12.2 Å². The summed E-state index contributed by atoms with van der Waals surface area (Å²) in [5, 5.41) is 3.67. The molecule has 2 rings (SSSR count). The first kappa shape index (κ1) is 13.9. The lowest BCUT2D eigenvalue weighted by Gasteiger charge is -2.27. The first-order valence-electron chi connectivity index (χ1n) is 6.29. The molecule has 0 fully saturated rings. The maximum absolute atomic E-state index is 11.9. The molecule has 0 radical (unpaired) electrons. The predicted molar refractivity (Wildman–Crippen MR) is 75.2 cm³/mol. The quantitative estimate of drug-likeness (QED) is 0.906. The van der Waals surface area contributed by atoms with Crippen molar-refractivity contribution in [2.75, 3.05) is 17.2 Å². The van der Waals surface area contributed by atoms with Crippen LogP contribution in [0.3, 0.4) is 0 Å². The lowest BCUT2D eigenvalue weighted by atomic mass is 10.2. The molecule has 5 nitrogen and oxygen atoms in total. The second kappa shape index (κ2) is 6.06. The topological polar surface area (TPSA) is 62.3 Å². The number of hydrogen-bond donors (Lipinski definition) is 1.